The summed E-state index contributed by atoms with van der Waals surface area (Å²) in [6.07, 6.45) is 11.9. The molecule has 0 aromatic rings. The third-order valence-electron chi connectivity index (χ3n) is 3.63. The van der Waals surface area contributed by atoms with E-state index in [2.05, 4.69) is 12.7 Å². The van der Waals surface area contributed by atoms with Crippen molar-refractivity contribution in [2.24, 2.45) is 0 Å². The summed E-state index contributed by atoms with van der Waals surface area (Å²) in [6.45, 7) is 4.25. The highest BCUT2D eigenvalue weighted by Gasteiger charge is 2.23. The highest BCUT2D eigenvalue weighted by molar-refractivity contribution is 5.74. The minimum absolute atomic E-state index is 0.393. The molecule has 0 aromatic carbocycles. The number of esters is 1. The third-order valence-corrected chi connectivity index (χ3v) is 3.63. The SMILES string of the molecule is CCCCCCCCCCCCOC(=O)C([NH3+])C(C)O. The summed E-state index contributed by atoms with van der Waals surface area (Å²) in [5, 5.41) is 9.21. The lowest BCUT2D eigenvalue weighted by Gasteiger charge is -2.10. The van der Waals surface area contributed by atoms with E-state index in [9.17, 15) is 9.90 Å². The van der Waals surface area contributed by atoms with Crippen molar-refractivity contribution in [3.8, 4) is 0 Å². The van der Waals surface area contributed by atoms with Crippen LogP contribution in [0.4, 0.5) is 0 Å². The van der Waals surface area contributed by atoms with Crippen LogP contribution in [0, 0.1) is 0 Å². The molecule has 0 aromatic heterocycles. The van der Waals surface area contributed by atoms with E-state index < -0.39 is 18.1 Å². The van der Waals surface area contributed by atoms with Crippen LogP contribution >= 0.6 is 0 Å². The Morgan fingerprint density at radius 3 is 1.90 bits per heavy atom. The zero-order valence-corrected chi connectivity index (χ0v) is 13.4. The van der Waals surface area contributed by atoms with Crippen molar-refractivity contribution in [2.75, 3.05) is 6.61 Å². The van der Waals surface area contributed by atoms with Gasteiger partial charge in [0, 0.05) is 0 Å². The maximum atomic E-state index is 11.4. The lowest BCUT2D eigenvalue weighted by atomic mass is 10.1. The minimum atomic E-state index is -0.741. The molecule has 0 amide bonds. The standard InChI is InChI=1S/C16H33NO3/c1-3-4-5-6-7-8-9-10-11-12-13-20-16(19)15(17)14(2)18/h14-15,18H,3-13,17H2,1-2H3/p+1. The fourth-order valence-electron chi connectivity index (χ4n) is 2.07. The van der Waals surface area contributed by atoms with Gasteiger partial charge in [-0.05, 0) is 13.3 Å². The number of unbranched alkanes of at least 4 members (excludes halogenated alkanes) is 9. The number of quaternary nitrogens is 1. The number of carbonyl (C=O) groups is 1. The second kappa shape index (κ2) is 13.4. The monoisotopic (exact) mass is 288 g/mol. The molecule has 0 bridgehead atoms. The largest absolute Gasteiger partial charge is 0.461 e. The average Bonchev–Trinajstić information content (AvgIpc) is 2.43. The summed E-state index contributed by atoms with van der Waals surface area (Å²) in [5.74, 6) is -0.393. The van der Waals surface area contributed by atoms with Crippen LogP contribution in [0.3, 0.4) is 0 Å². The van der Waals surface area contributed by atoms with Gasteiger partial charge in [-0.2, -0.15) is 0 Å². The summed E-state index contributed by atoms with van der Waals surface area (Å²) in [5.41, 5.74) is 3.58. The number of ether oxygens (including phenoxy) is 1. The molecule has 0 rings (SSSR count). The fourth-order valence-corrected chi connectivity index (χ4v) is 2.07. The Hall–Kier alpha value is -0.610. The summed E-state index contributed by atoms with van der Waals surface area (Å²) < 4.78 is 5.08. The number of rotatable bonds is 13. The van der Waals surface area contributed by atoms with Gasteiger partial charge in [0.25, 0.3) is 0 Å². The molecule has 2 unspecified atom stereocenters. The molecule has 0 spiro atoms. The van der Waals surface area contributed by atoms with Crippen LogP contribution in [-0.4, -0.2) is 29.8 Å². The number of hydrogen-bond acceptors (Lipinski definition) is 3. The first kappa shape index (κ1) is 19.4. The zero-order chi connectivity index (χ0) is 15.2. The zero-order valence-electron chi connectivity index (χ0n) is 13.4. The van der Waals surface area contributed by atoms with Gasteiger partial charge in [-0.3, -0.25) is 0 Å². The van der Waals surface area contributed by atoms with E-state index in [1.54, 1.807) is 6.92 Å². The summed E-state index contributed by atoms with van der Waals surface area (Å²) in [6, 6.07) is -0.668. The molecule has 4 nitrogen and oxygen atoms in total. The lowest BCUT2D eigenvalue weighted by molar-refractivity contribution is -0.423. The van der Waals surface area contributed by atoms with Crippen molar-refractivity contribution in [1.29, 1.82) is 0 Å². The van der Waals surface area contributed by atoms with E-state index in [0.717, 1.165) is 12.8 Å². The van der Waals surface area contributed by atoms with Gasteiger partial charge < -0.3 is 15.6 Å². The molecule has 0 fully saturated rings. The molecular formula is C16H34NO3+. The molecule has 2 atom stereocenters. The number of hydrogen-bond donors (Lipinski definition) is 2. The Balaban J connectivity index is 3.23. The summed E-state index contributed by atoms with van der Waals surface area (Å²) in [7, 11) is 0. The fraction of sp³-hybridized carbons (Fsp3) is 0.938. The van der Waals surface area contributed by atoms with Gasteiger partial charge in [0.15, 0.2) is 0 Å². The predicted molar refractivity (Wildman–Crippen MR) is 81.2 cm³/mol. The van der Waals surface area contributed by atoms with Gasteiger partial charge in [0.05, 0.1) is 6.61 Å². The molecule has 120 valence electrons. The van der Waals surface area contributed by atoms with Gasteiger partial charge in [0.1, 0.15) is 6.10 Å². The Kier molecular flexibility index (Phi) is 13.0. The van der Waals surface area contributed by atoms with Gasteiger partial charge in [-0.15, -0.1) is 0 Å². The number of carbonyl (C=O) groups excluding carboxylic acids is 1. The first-order valence-corrected chi connectivity index (χ1v) is 8.27. The van der Waals surface area contributed by atoms with Crippen molar-refractivity contribution in [3.05, 3.63) is 0 Å². The molecular weight excluding hydrogens is 254 g/mol. The van der Waals surface area contributed by atoms with Crippen molar-refractivity contribution in [2.45, 2.75) is 90.2 Å². The van der Waals surface area contributed by atoms with Gasteiger partial charge in [-0.1, -0.05) is 64.7 Å². The topological polar surface area (TPSA) is 74.2 Å². The van der Waals surface area contributed by atoms with E-state index in [1.165, 1.54) is 51.4 Å². The first-order chi connectivity index (χ1) is 9.59. The minimum Gasteiger partial charge on any atom is -0.461 e. The molecule has 0 radical (unpaired) electrons. The Morgan fingerprint density at radius 1 is 1.00 bits per heavy atom. The van der Waals surface area contributed by atoms with Gasteiger partial charge in [0.2, 0.25) is 6.04 Å². The normalized spacial score (nSPS) is 14.0. The van der Waals surface area contributed by atoms with Crippen LogP contribution in [0.1, 0.15) is 78.1 Å². The molecule has 4 heteroatoms. The maximum absolute atomic E-state index is 11.4. The second-order valence-electron chi connectivity index (χ2n) is 5.70. The summed E-state index contributed by atoms with van der Waals surface area (Å²) >= 11 is 0. The van der Waals surface area contributed by atoms with Crippen molar-refractivity contribution in [1.82, 2.24) is 0 Å². The average molecular weight is 288 g/mol. The second-order valence-corrected chi connectivity index (χ2v) is 5.70. The lowest BCUT2D eigenvalue weighted by Crippen LogP contribution is -2.70. The molecule has 0 aliphatic carbocycles. The van der Waals surface area contributed by atoms with Crippen molar-refractivity contribution >= 4 is 5.97 Å². The van der Waals surface area contributed by atoms with Crippen LogP contribution in [-0.2, 0) is 9.53 Å². The van der Waals surface area contributed by atoms with Gasteiger partial charge in [-0.25, -0.2) is 4.79 Å². The molecule has 20 heavy (non-hydrogen) atoms. The molecule has 4 N–H and O–H groups in total. The third kappa shape index (κ3) is 11.2. The van der Waals surface area contributed by atoms with Crippen LogP contribution < -0.4 is 5.73 Å². The Labute approximate surface area is 124 Å². The quantitative estimate of drug-likeness (QED) is 0.404. The first-order valence-electron chi connectivity index (χ1n) is 8.27. The van der Waals surface area contributed by atoms with E-state index in [1.807, 2.05) is 0 Å². The molecule has 0 heterocycles. The smallest absolute Gasteiger partial charge is 0.367 e. The molecule has 0 saturated heterocycles. The van der Waals surface area contributed by atoms with Crippen LogP contribution in [0.2, 0.25) is 0 Å². The highest BCUT2D eigenvalue weighted by Crippen LogP contribution is 2.10. The molecule has 0 aliphatic heterocycles. The van der Waals surface area contributed by atoms with E-state index in [-0.39, 0.29) is 0 Å². The van der Waals surface area contributed by atoms with E-state index in [0.29, 0.717) is 6.61 Å². The van der Waals surface area contributed by atoms with E-state index in [4.69, 9.17) is 4.74 Å². The van der Waals surface area contributed by atoms with Crippen molar-refractivity contribution in [3.63, 3.8) is 0 Å². The molecule has 0 aliphatic rings. The Bertz CT molecular complexity index is 232. The summed E-state index contributed by atoms with van der Waals surface area (Å²) in [4.78, 5) is 11.4. The highest BCUT2D eigenvalue weighted by atomic mass is 16.5. The van der Waals surface area contributed by atoms with Crippen LogP contribution in [0.5, 0.6) is 0 Å². The number of aliphatic hydroxyl groups excluding tert-OH is 1. The van der Waals surface area contributed by atoms with Gasteiger partial charge >= 0.3 is 5.97 Å². The van der Waals surface area contributed by atoms with Crippen molar-refractivity contribution < 1.29 is 20.4 Å². The van der Waals surface area contributed by atoms with Crippen LogP contribution in [0.25, 0.3) is 0 Å². The predicted octanol–water partition coefficient (Wildman–Crippen LogP) is 2.44. The Morgan fingerprint density at radius 2 is 1.45 bits per heavy atom. The van der Waals surface area contributed by atoms with E-state index >= 15 is 0 Å². The van der Waals surface area contributed by atoms with Crippen LogP contribution in [0.15, 0.2) is 0 Å². The maximum Gasteiger partial charge on any atom is 0.367 e. The number of aliphatic hydroxyl groups is 1. The molecule has 0 saturated carbocycles.